The van der Waals surface area contributed by atoms with Gasteiger partial charge in [0, 0.05) is 54.5 Å². The highest BCUT2D eigenvalue weighted by molar-refractivity contribution is 6.32. The zero-order valence-electron chi connectivity index (χ0n) is 18.9. The molecule has 5 rings (SSSR count). The Labute approximate surface area is 214 Å². The van der Waals surface area contributed by atoms with Crippen molar-refractivity contribution < 1.29 is 14.3 Å². The molecule has 8 heteroatoms. The minimum atomic E-state index is -0.0603. The number of ether oxygens (including phenoxy) is 1. The summed E-state index contributed by atoms with van der Waals surface area (Å²) in [6.45, 7) is 0.697. The summed E-state index contributed by atoms with van der Waals surface area (Å²) in [4.78, 5) is 34.9. The highest BCUT2D eigenvalue weighted by Gasteiger charge is 2.22. The quantitative estimate of drug-likeness (QED) is 0.300. The van der Waals surface area contributed by atoms with Gasteiger partial charge in [-0.1, -0.05) is 43.3 Å². The van der Waals surface area contributed by atoms with Gasteiger partial charge in [-0.05, 0) is 48.1 Å². The largest absolute Gasteiger partial charge is 0.437 e. The van der Waals surface area contributed by atoms with Gasteiger partial charge in [0.2, 0.25) is 11.8 Å². The normalized spacial score (nSPS) is 13.0. The van der Waals surface area contributed by atoms with Crippen LogP contribution < -0.4 is 15.4 Å². The number of Topliss-reactive ketones (excluding diaryl/α,β-unsaturated/α-hetero) is 1. The maximum absolute atomic E-state index is 12.8. The number of hydrogen-bond donors (Lipinski definition) is 1. The summed E-state index contributed by atoms with van der Waals surface area (Å²) >= 11 is 6.39. The number of carbonyl (C=O) groups excluding carboxylic acids is 2. The van der Waals surface area contributed by atoms with E-state index in [1.807, 2.05) is 36.4 Å². The molecule has 0 saturated carbocycles. The number of halogens is 1. The molecule has 0 unspecified atom stereocenters. The Bertz CT molecular complexity index is 1440. The lowest BCUT2D eigenvalue weighted by atomic mass is 10.0. The number of amides is 1. The van der Waals surface area contributed by atoms with Gasteiger partial charge < -0.3 is 15.4 Å². The van der Waals surface area contributed by atoms with Gasteiger partial charge in [-0.2, -0.15) is 0 Å². The number of aromatic nitrogens is 2. The molecule has 0 spiro atoms. The highest BCUT2D eigenvalue weighted by Crippen LogP contribution is 2.31. The Balaban J connectivity index is 0.00000304. The van der Waals surface area contributed by atoms with Gasteiger partial charge >= 0.3 is 0 Å². The maximum atomic E-state index is 12.8. The molecule has 1 aliphatic heterocycles. The summed E-state index contributed by atoms with van der Waals surface area (Å²) in [6.07, 6.45) is 5.45. The Kier molecular flexibility index (Phi) is 7.50. The molecule has 4 aromatic rings. The molecule has 1 fully saturated rings. The first-order valence-electron chi connectivity index (χ1n) is 11.4. The molecule has 3 heterocycles. The topological polar surface area (TPSA) is 98.4 Å². The van der Waals surface area contributed by atoms with Crippen molar-refractivity contribution in [2.45, 2.75) is 33.1 Å². The van der Waals surface area contributed by atoms with Crippen LogP contribution >= 0.6 is 11.6 Å². The first-order valence-corrected chi connectivity index (χ1v) is 11.8. The molecule has 0 atom stereocenters. The van der Waals surface area contributed by atoms with Crippen LogP contribution in [-0.2, 0) is 11.2 Å². The van der Waals surface area contributed by atoms with Gasteiger partial charge in [0.1, 0.15) is 16.6 Å². The molecule has 1 amide bonds. The predicted octanol–water partition coefficient (Wildman–Crippen LogP) is 6.24. The van der Waals surface area contributed by atoms with Crippen molar-refractivity contribution in [1.29, 1.82) is 0 Å². The number of fused-ring (bicyclic) bond motifs is 1. The molecule has 0 bridgehead atoms. The summed E-state index contributed by atoms with van der Waals surface area (Å²) in [6, 6.07) is 16.6. The number of rotatable bonds is 7. The molecule has 2 aromatic carbocycles. The standard InChI is InChI=1S/C27H23ClN4O3.CH4/c28-23-14-19(24(33)9-7-17-6-8-22-18(13-17)10-11-30-26(22)29)16-31-27(23)35-21-4-1-3-20(15-21)32-12-2-5-25(32)34;/h1,3-4,6,8,10-11,13-16H,2,5,7,9,12H2,(H2,29,30);1H4. The average molecular weight is 503 g/mol. The van der Waals surface area contributed by atoms with E-state index in [0.29, 0.717) is 42.9 Å². The number of nitrogens with zero attached hydrogens (tertiary/aromatic N) is 3. The Morgan fingerprint density at radius 2 is 1.97 bits per heavy atom. The number of hydrogen-bond acceptors (Lipinski definition) is 6. The van der Waals surface area contributed by atoms with E-state index in [4.69, 9.17) is 22.1 Å². The van der Waals surface area contributed by atoms with E-state index < -0.39 is 0 Å². The third kappa shape index (κ3) is 5.31. The third-order valence-electron chi connectivity index (χ3n) is 6.05. The van der Waals surface area contributed by atoms with Crippen LogP contribution in [0.4, 0.5) is 11.5 Å². The molecule has 1 aliphatic rings. The van der Waals surface area contributed by atoms with Gasteiger partial charge in [0.05, 0.1) is 0 Å². The van der Waals surface area contributed by atoms with E-state index in [0.717, 1.165) is 28.4 Å². The number of aryl methyl sites for hydroxylation is 1. The monoisotopic (exact) mass is 502 g/mol. The fourth-order valence-corrected chi connectivity index (χ4v) is 4.41. The average Bonchev–Trinajstić information content (AvgIpc) is 3.30. The molecule has 2 N–H and O–H groups in total. The minimum absolute atomic E-state index is 0. The zero-order chi connectivity index (χ0) is 24.4. The molecular weight excluding hydrogens is 476 g/mol. The van der Waals surface area contributed by atoms with Crippen molar-refractivity contribution in [3.8, 4) is 11.6 Å². The number of pyridine rings is 2. The fraction of sp³-hybridized carbons (Fsp3) is 0.214. The molecule has 1 saturated heterocycles. The molecule has 184 valence electrons. The van der Waals surface area contributed by atoms with Crippen molar-refractivity contribution in [3.63, 3.8) is 0 Å². The molecular formula is C28H27ClN4O3. The maximum Gasteiger partial charge on any atom is 0.238 e. The Morgan fingerprint density at radius 1 is 1.11 bits per heavy atom. The SMILES string of the molecule is C.Nc1nccc2cc(CCC(=O)c3cnc(Oc4cccc(N5CCCC5=O)c4)c(Cl)c3)ccc12. The number of nitrogens with two attached hydrogens (primary N) is 1. The summed E-state index contributed by atoms with van der Waals surface area (Å²) in [5.74, 6) is 1.25. The van der Waals surface area contributed by atoms with E-state index in [-0.39, 0.29) is 30.0 Å². The van der Waals surface area contributed by atoms with Crippen LogP contribution in [0.25, 0.3) is 10.8 Å². The van der Waals surface area contributed by atoms with Gasteiger partial charge in [-0.15, -0.1) is 0 Å². The summed E-state index contributed by atoms with van der Waals surface area (Å²) in [5.41, 5.74) is 8.15. The minimum Gasteiger partial charge on any atom is -0.437 e. The van der Waals surface area contributed by atoms with Crippen molar-refractivity contribution in [1.82, 2.24) is 9.97 Å². The van der Waals surface area contributed by atoms with Gasteiger partial charge in [-0.25, -0.2) is 9.97 Å². The Morgan fingerprint density at radius 3 is 2.75 bits per heavy atom. The summed E-state index contributed by atoms with van der Waals surface area (Å²) < 4.78 is 5.85. The molecule has 36 heavy (non-hydrogen) atoms. The van der Waals surface area contributed by atoms with Gasteiger partial charge in [-0.3, -0.25) is 9.59 Å². The summed E-state index contributed by atoms with van der Waals surface area (Å²) in [7, 11) is 0. The smallest absolute Gasteiger partial charge is 0.238 e. The summed E-state index contributed by atoms with van der Waals surface area (Å²) in [5, 5.41) is 2.13. The predicted molar refractivity (Wildman–Crippen MR) is 143 cm³/mol. The van der Waals surface area contributed by atoms with Crippen molar-refractivity contribution in [2.24, 2.45) is 0 Å². The molecule has 2 aromatic heterocycles. The van der Waals surface area contributed by atoms with E-state index in [2.05, 4.69) is 9.97 Å². The lowest BCUT2D eigenvalue weighted by Gasteiger charge is -2.16. The molecule has 7 nitrogen and oxygen atoms in total. The van der Waals surface area contributed by atoms with Crippen LogP contribution in [-0.4, -0.2) is 28.2 Å². The van der Waals surface area contributed by atoms with Gasteiger partial charge in [0.15, 0.2) is 5.78 Å². The van der Waals surface area contributed by atoms with Crippen LogP contribution in [0.15, 0.2) is 67.0 Å². The molecule has 0 radical (unpaired) electrons. The van der Waals surface area contributed by atoms with Crippen LogP contribution in [0, 0.1) is 0 Å². The lowest BCUT2D eigenvalue weighted by molar-refractivity contribution is -0.117. The number of nitrogen functional groups attached to an aromatic ring is 1. The van der Waals surface area contributed by atoms with Crippen molar-refractivity contribution in [3.05, 3.63) is 83.1 Å². The van der Waals surface area contributed by atoms with E-state index in [1.165, 1.54) is 6.20 Å². The second-order valence-corrected chi connectivity index (χ2v) is 8.84. The van der Waals surface area contributed by atoms with Gasteiger partial charge in [0.25, 0.3) is 0 Å². The highest BCUT2D eigenvalue weighted by atomic mass is 35.5. The van der Waals surface area contributed by atoms with Crippen LogP contribution in [0.2, 0.25) is 5.02 Å². The number of benzene rings is 2. The van der Waals surface area contributed by atoms with Crippen LogP contribution in [0.1, 0.15) is 42.6 Å². The number of anilines is 2. The second-order valence-electron chi connectivity index (χ2n) is 8.43. The lowest BCUT2D eigenvalue weighted by Crippen LogP contribution is -2.23. The first-order chi connectivity index (χ1) is 17.0. The third-order valence-corrected chi connectivity index (χ3v) is 6.32. The number of carbonyl (C=O) groups is 2. The van der Waals surface area contributed by atoms with Crippen molar-refractivity contribution in [2.75, 3.05) is 17.2 Å². The zero-order valence-corrected chi connectivity index (χ0v) is 19.7. The van der Waals surface area contributed by atoms with Crippen LogP contribution in [0.3, 0.4) is 0 Å². The van der Waals surface area contributed by atoms with E-state index in [1.54, 1.807) is 29.3 Å². The second kappa shape index (κ2) is 10.7. The van der Waals surface area contributed by atoms with E-state index in [9.17, 15) is 9.59 Å². The first kappa shape index (κ1) is 25.1. The molecule has 0 aliphatic carbocycles. The van der Waals surface area contributed by atoms with Crippen molar-refractivity contribution >= 4 is 45.6 Å². The fourth-order valence-electron chi connectivity index (χ4n) is 4.21. The van der Waals surface area contributed by atoms with E-state index >= 15 is 0 Å². The Hall–Kier alpha value is -3.97. The van der Waals surface area contributed by atoms with Crippen LogP contribution in [0.5, 0.6) is 11.6 Å². The number of ketones is 1.